The van der Waals surface area contributed by atoms with Gasteiger partial charge in [0, 0.05) is 3.87 Å². The van der Waals surface area contributed by atoms with Crippen molar-refractivity contribution in [2.24, 2.45) is 0 Å². The minimum atomic E-state index is -7.41. The second-order valence-corrected chi connectivity index (χ2v) is 13.8. The number of alkyl halides is 5. The summed E-state index contributed by atoms with van der Waals surface area (Å²) in [5.74, 6) is -1.89. The van der Waals surface area contributed by atoms with Crippen LogP contribution in [0.25, 0.3) is 0 Å². The molecule has 0 aliphatic carbocycles. The second kappa shape index (κ2) is 9.48. The summed E-state index contributed by atoms with van der Waals surface area (Å²) in [6.45, 7) is 9.76. The van der Waals surface area contributed by atoms with Gasteiger partial charge < -0.3 is 4.18 Å². The SMILES string of the molecule is CC(C)c1cc(C(C)C)c(OS(=O)(=O)C(F)(F)S(=O)(=O)N(O)S(=O)(=O)C(F)(F)F)c(C(C)C)c1. The molecule has 0 saturated heterocycles. The molecular weight excluding hydrogens is 537 g/mol. The molecule has 1 rings (SSSR count). The van der Waals surface area contributed by atoms with E-state index in [0.29, 0.717) is 5.56 Å². The van der Waals surface area contributed by atoms with Gasteiger partial charge in [-0.1, -0.05) is 53.7 Å². The van der Waals surface area contributed by atoms with Crippen molar-refractivity contribution in [1.82, 2.24) is 3.87 Å². The lowest BCUT2D eigenvalue weighted by Crippen LogP contribution is -2.52. The number of rotatable bonds is 9. The summed E-state index contributed by atoms with van der Waals surface area (Å²) in [6.07, 6.45) is 0. The number of nitrogens with zero attached hydrogens (tertiary/aromatic N) is 1. The van der Waals surface area contributed by atoms with Crippen molar-refractivity contribution >= 4 is 30.2 Å². The van der Waals surface area contributed by atoms with E-state index in [1.807, 2.05) is 0 Å². The van der Waals surface area contributed by atoms with Crippen LogP contribution in [0, 0.1) is 0 Å². The quantitative estimate of drug-likeness (QED) is 0.269. The Morgan fingerprint density at radius 2 is 1.15 bits per heavy atom. The van der Waals surface area contributed by atoms with Crippen LogP contribution < -0.4 is 4.18 Å². The molecule has 1 aromatic carbocycles. The standard InChI is InChI=1S/C17H24F5NO8S3/c1-9(2)12-7-13(10(3)4)15(14(8-12)11(5)6)31-34(29,30)17(21,22)33(27,28)23(24)32(25,26)16(18,19)20/h7-11,24H,1-6H3. The fraction of sp³-hybridized carbons (Fsp3) is 0.647. The molecule has 0 radical (unpaired) electrons. The Hall–Kier alpha value is -1.56. The molecule has 198 valence electrons. The van der Waals surface area contributed by atoms with Gasteiger partial charge in [-0.3, -0.25) is 5.21 Å². The average molecular weight is 562 g/mol. The summed E-state index contributed by atoms with van der Waals surface area (Å²) in [4.78, 5) is 0. The van der Waals surface area contributed by atoms with Gasteiger partial charge in [0.15, 0.2) is 0 Å². The zero-order valence-corrected chi connectivity index (χ0v) is 21.2. The number of hydrogen-bond donors (Lipinski definition) is 1. The summed E-state index contributed by atoms with van der Waals surface area (Å²) in [6, 6.07) is 2.87. The topological polar surface area (TPSA) is 135 Å². The number of halogens is 5. The highest BCUT2D eigenvalue weighted by Crippen LogP contribution is 2.42. The van der Waals surface area contributed by atoms with E-state index in [-0.39, 0.29) is 17.0 Å². The molecule has 0 aromatic heterocycles. The zero-order chi connectivity index (χ0) is 27.2. The maximum Gasteiger partial charge on any atom is 0.514 e. The lowest BCUT2D eigenvalue weighted by atomic mass is 9.88. The Morgan fingerprint density at radius 1 is 0.765 bits per heavy atom. The van der Waals surface area contributed by atoms with Gasteiger partial charge in [-0.2, -0.15) is 38.8 Å². The van der Waals surface area contributed by atoms with Gasteiger partial charge >= 0.3 is 40.3 Å². The fourth-order valence-corrected chi connectivity index (χ4v) is 6.50. The Kier molecular flexibility index (Phi) is 8.49. The third-order valence-electron chi connectivity index (χ3n) is 4.57. The second-order valence-electron chi connectivity index (χ2n) is 8.13. The van der Waals surface area contributed by atoms with Crippen molar-refractivity contribution in [2.45, 2.75) is 69.4 Å². The molecule has 17 heteroatoms. The Labute approximate surface area is 194 Å². The first-order valence-corrected chi connectivity index (χ1v) is 13.8. The molecular formula is C17H24F5NO8S3. The molecule has 0 aliphatic rings. The maximum absolute atomic E-state index is 14.6. The van der Waals surface area contributed by atoms with Gasteiger partial charge in [0.05, 0.1) is 0 Å². The van der Waals surface area contributed by atoms with Crippen LogP contribution in [-0.4, -0.2) is 44.4 Å². The molecule has 1 N–H and O–H groups in total. The van der Waals surface area contributed by atoms with Crippen LogP contribution in [0.15, 0.2) is 12.1 Å². The summed E-state index contributed by atoms with van der Waals surface area (Å²) in [5.41, 5.74) is -5.75. The Bertz CT molecular complexity index is 1210. The van der Waals surface area contributed by atoms with Crippen molar-refractivity contribution in [2.75, 3.05) is 0 Å². The highest BCUT2D eigenvalue weighted by molar-refractivity contribution is 8.12. The summed E-state index contributed by atoms with van der Waals surface area (Å²) in [7, 11) is -21.4. The largest absolute Gasteiger partial charge is 0.514 e. The molecule has 0 spiro atoms. The maximum atomic E-state index is 14.6. The smallest absolute Gasteiger partial charge is 0.377 e. The van der Waals surface area contributed by atoms with Crippen molar-refractivity contribution < 1.29 is 56.6 Å². The van der Waals surface area contributed by atoms with E-state index < -0.39 is 61.7 Å². The number of benzene rings is 1. The molecule has 0 saturated carbocycles. The van der Waals surface area contributed by atoms with Crippen LogP contribution in [0.4, 0.5) is 22.0 Å². The van der Waals surface area contributed by atoms with Crippen molar-refractivity contribution in [1.29, 1.82) is 0 Å². The summed E-state index contributed by atoms with van der Waals surface area (Å²) in [5, 5.41) is 9.03. The van der Waals surface area contributed by atoms with Crippen LogP contribution in [0.3, 0.4) is 0 Å². The predicted molar refractivity (Wildman–Crippen MR) is 111 cm³/mol. The molecule has 1 aromatic rings. The van der Waals surface area contributed by atoms with E-state index >= 15 is 0 Å². The first-order chi connectivity index (χ1) is 14.9. The fourth-order valence-electron chi connectivity index (χ4n) is 2.58. The third-order valence-corrected chi connectivity index (χ3v) is 9.97. The summed E-state index contributed by atoms with van der Waals surface area (Å²) >= 11 is 0. The Morgan fingerprint density at radius 3 is 1.44 bits per heavy atom. The third kappa shape index (κ3) is 5.32. The monoisotopic (exact) mass is 561 g/mol. The molecule has 34 heavy (non-hydrogen) atoms. The normalized spacial score (nSPS) is 14.5. The van der Waals surface area contributed by atoms with Crippen molar-refractivity contribution in [3.8, 4) is 5.75 Å². The Balaban J connectivity index is 3.78. The zero-order valence-electron chi connectivity index (χ0n) is 18.8. The molecule has 0 unspecified atom stereocenters. The van der Waals surface area contributed by atoms with Crippen LogP contribution in [0.2, 0.25) is 0 Å². The van der Waals surface area contributed by atoms with E-state index in [4.69, 9.17) is 5.21 Å². The highest BCUT2D eigenvalue weighted by Gasteiger charge is 2.68. The highest BCUT2D eigenvalue weighted by atomic mass is 32.3. The van der Waals surface area contributed by atoms with Gasteiger partial charge in [0.25, 0.3) is 0 Å². The average Bonchev–Trinajstić information content (AvgIpc) is 2.65. The van der Waals surface area contributed by atoms with E-state index in [1.54, 1.807) is 41.5 Å². The molecule has 0 amide bonds. The van der Waals surface area contributed by atoms with Crippen LogP contribution in [0.1, 0.15) is 76.0 Å². The molecule has 0 bridgehead atoms. The minimum absolute atomic E-state index is 0.0652. The molecule has 0 aliphatic heterocycles. The van der Waals surface area contributed by atoms with Gasteiger partial charge in [-0.05, 0) is 34.4 Å². The van der Waals surface area contributed by atoms with Crippen LogP contribution >= 0.6 is 0 Å². The molecule has 0 atom stereocenters. The van der Waals surface area contributed by atoms with E-state index in [9.17, 15) is 47.2 Å². The van der Waals surface area contributed by atoms with E-state index in [1.165, 1.54) is 12.1 Å². The molecule has 0 heterocycles. The van der Waals surface area contributed by atoms with Gasteiger partial charge in [-0.25, -0.2) is 8.42 Å². The van der Waals surface area contributed by atoms with Gasteiger partial charge in [0.2, 0.25) is 0 Å². The van der Waals surface area contributed by atoms with Gasteiger partial charge in [-0.15, -0.1) is 0 Å². The first-order valence-electron chi connectivity index (χ1n) is 9.48. The van der Waals surface area contributed by atoms with Crippen molar-refractivity contribution in [3.05, 3.63) is 28.8 Å². The van der Waals surface area contributed by atoms with E-state index in [0.717, 1.165) is 0 Å². The van der Waals surface area contributed by atoms with Crippen molar-refractivity contribution in [3.63, 3.8) is 0 Å². The number of hydrogen-bond acceptors (Lipinski definition) is 8. The lowest BCUT2D eigenvalue weighted by Gasteiger charge is -2.25. The molecule has 0 fully saturated rings. The van der Waals surface area contributed by atoms with E-state index in [2.05, 4.69) is 4.18 Å². The number of sulfonamides is 2. The first kappa shape index (κ1) is 30.5. The molecule has 9 nitrogen and oxygen atoms in total. The predicted octanol–water partition coefficient (Wildman–Crippen LogP) is 4.19. The summed E-state index contributed by atoms with van der Waals surface area (Å²) < 4.78 is 133. The minimum Gasteiger partial charge on any atom is -0.377 e. The lowest BCUT2D eigenvalue weighted by molar-refractivity contribution is -0.0589. The van der Waals surface area contributed by atoms with Crippen LogP contribution in [0.5, 0.6) is 5.75 Å². The van der Waals surface area contributed by atoms with Crippen LogP contribution in [-0.2, 0) is 30.2 Å². The van der Waals surface area contributed by atoms with Gasteiger partial charge in [0.1, 0.15) is 5.75 Å².